The minimum absolute atomic E-state index is 0.0164. The van der Waals surface area contributed by atoms with Crippen LogP contribution >= 0.6 is 0 Å². The summed E-state index contributed by atoms with van der Waals surface area (Å²) in [6, 6.07) is 13.5. The third kappa shape index (κ3) is 6.15. The molecule has 1 unspecified atom stereocenters. The Hall–Kier alpha value is -2.03. The van der Waals surface area contributed by atoms with Crippen molar-refractivity contribution in [2.45, 2.75) is 79.7 Å². The molecule has 2 fully saturated rings. The molecule has 2 N–H and O–H groups in total. The number of hydrogen-bond donors (Lipinski definition) is 1. The minimum atomic E-state index is -3.29. The first kappa shape index (κ1) is 26.6. The van der Waals surface area contributed by atoms with E-state index in [1.165, 1.54) is 6.07 Å². The third-order valence-electron chi connectivity index (χ3n) is 6.34. The van der Waals surface area contributed by atoms with Crippen molar-refractivity contribution in [1.29, 1.82) is 0 Å². The monoisotopic (exact) mass is 505 g/mol. The number of benzene rings is 2. The van der Waals surface area contributed by atoms with Crippen molar-refractivity contribution < 1.29 is 21.6 Å². The van der Waals surface area contributed by atoms with Crippen LogP contribution in [0.1, 0.15) is 75.3 Å². The van der Waals surface area contributed by atoms with Gasteiger partial charge in [0.1, 0.15) is 0 Å². The predicted molar refractivity (Wildman–Crippen MR) is 134 cm³/mol. The fourth-order valence-corrected chi connectivity index (χ4v) is 5.80. The zero-order valence-electron chi connectivity index (χ0n) is 20.3. The minimum Gasteiger partial charge on any atom is -0.324 e. The quantitative estimate of drug-likeness (QED) is 0.519. The van der Waals surface area contributed by atoms with E-state index in [1.54, 1.807) is 64.1 Å². The topological polar surface area (TPSA) is 111 Å². The number of sulfone groups is 2. The number of nitrogens with two attached hydrogens (primary N) is 1. The van der Waals surface area contributed by atoms with Crippen molar-refractivity contribution in [1.82, 2.24) is 0 Å². The molecule has 2 saturated carbocycles. The van der Waals surface area contributed by atoms with Gasteiger partial charge in [0.05, 0.1) is 20.3 Å². The fourth-order valence-electron chi connectivity index (χ4n) is 3.58. The molecule has 0 heterocycles. The number of rotatable bonds is 8. The molecule has 0 radical (unpaired) electrons. The van der Waals surface area contributed by atoms with Gasteiger partial charge in [0.15, 0.2) is 25.5 Å². The largest absolute Gasteiger partial charge is 0.324 e. The second-order valence-corrected chi connectivity index (χ2v) is 14.8. The Balaban J connectivity index is 0.000000191. The first-order valence-corrected chi connectivity index (χ1v) is 14.9. The van der Waals surface area contributed by atoms with E-state index >= 15 is 0 Å². The maximum Gasteiger partial charge on any atom is 0.180 e. The van der Waals surface area contributed by atoms with E-state index in [9.17, 15) is 21.6 Å². The highest BCUT2D eigenvalue weighted by Crippen LogP contribution is 2.39. The summed E-state index contributed by atoms with van der Waals surface area (Å²) in [6.45, 7) is 6.68. The summed E-state index contributed by atoms with van der Waals surface area (Å²) in [5, 5.41) is -0.858. The highest BCUT2D eigenvalue weighted by molar-refractivity contribution is 7.92. The Labute approximate surface area is 203 Å². The lowest BCUT2D eigenvalue weighted by Gasteiger charge is -2.13. The summed E-state index contributed by atoms with van der Waals surface area (Å²) in [6.07, 6.45) is 4.17. The van der Waals surface area contributed by atoms with Crippen molar-refractivity contribution in [2.75, 3.05) is 0 Å². The highest BCUT2D eigenvalue weighted by Gasteiger charge is 2.31. The molecule has 2 aromatic carbocycles. The van der Waals surface area contributed by atoms with E-state index in [0.29, 0.717) is 16.4 Å². The Morgan fingerprint density at radius 3 is 1.76 bits per heavy atom. The standard InChI is InChI=1S/C13H19NO2S.C13H16O3S/c2*1-9(2)17(15,16)12-5-3-4-11(8-12)13(14)10-6-7-10/h3-5,8-10,13H,6-7,14H2,1-2H3;3-5,8-10H,6-7H2,1-2H3. The van der Waals surface area contributed by atoms with Crippen LogP contribution in [0.3, 0.4) is 0 Å². The zero-order valence-corrected chi connectivity index (χ0v) is 21.9. The summed E-state index contributed by atoms with van der Waals surface area (Å²) < 4.78 is 48.1. The summed E-state index contributed by atoms with van der Waals surface area (Å²) in [5.41, 5.74) is 7.56. The van der Waals surface area contributed by atoms with Crippen molar-refractivity contribution >= 4 is 25.5 Å². The molecule has 8 heteroatoms. The maximum atomic E-state index is 12.1. The summed E-state index contributed by atoms with van der Waals surface area (Å²) in [4.78, 5) is 12.5. The van der Waals surface area contributed by atoms with E-state index in [4.69, 9.17) is 5.73 Å². The Morgan fingerprint density at radius 2 is 1.29 bits per heavy atom. The van der Waals surface area contributed by atoms with Crippen LogP contribution in [0.5, 0.6) is 0 Å². The Kier molecular flexibility index (Phi) is 8.05. The highest BCUT2D eigenvalue weighted by atomic mass is 32.2. The van der Waals surface area contributed by atoms with Crippen LogP contribution in [0.25, 0.3) is 0 Å². The van der Waals surface area contributed by atoms with Crippen LogP contribution in [-0.4, -0.2) is 33.1 Å². The lowest BCUT2D eigenvalue weighted by Crippen LogP contribution is -2.16. The lowest BCUT2D eigenvalue weighted by atomic mass is 10.0. The van der Waals surface area contributed by atoms with Gasteiger partial charge in [-0.1, -0.05) is 24.3 Å². The van der Waals surface area contributed by atoms with Crippen LogP contribution in [0.2, 0.25) is 0 Å². The molecule has 186 valence electrons. The molecule has 0 saturated heterocycles. The first-order chi connectivity index (χ1) is 15.9. The molecule has 0 amide bonds. The van der Waals surface area contributed by atoms with Gasteiger partial charge in [0.25, 0.3) is 0 Å². The molecular weight excluding hydrogens is 470 g/mol. The van der Waals surface area contributed by atoms with Crippen molar-refractivity contribution in [2.24, 2.45) is 17.6 Å². The van der Waals surface area contributed by atoms with Crippen LogP contribution in [0.4, 0.5) is 0 Å². The number of carbonyl (C=O) groups excluding carboxylic acids is 1. The van der Waals surface area contributed by atoms with Crippen LogP contribution in [0.15, 0.2) is 58.3 Å². The van der Waals surface area contributed by atoms with E-state index in [2.05, 4.69) is 0 Å². The Morgan fingerprint density at radius 1 is 0.794 bits per heavy atom. The number of ketones is 1. The van der Waals surface area contributed by atoms with Gasteiger partial charge >= 0.3 is 0 Å². The van der Waals surface area contributed by atoms with Gasteiger partial charge in [-0.15, -0.1) is 0 Å². The second kappa shape index (κ2) is 10.3. The summed E-state index contributed by atoms with van der Waals surface area (Å²) >= 11 is 0. The Bertz CT molecular complexity index is 1240. The molecule has 2 aliphatic rings. The molecule has 0 spiro atoms. The first-order valence-electron chi connectivity index (χ1n) is 11.8. The summed E-state index contributed by atoms with van der Waals surface area (Å²) in [5.74, 6) is 0.727. The van der Waals surface area contributed by atoms with E-state index < -0.39 is 30.2 Å². The van der Waals surface area contributed by atoms with Gasteiger partial charge in [-0.25, -0.2) is 16.8 Å². The number of hydrogen-bond acceptors (Lipinski definition) is 6. The maximum absolute atomic E-state index is 12.1. The van der Waals surface area contributed by atoms with Gasteiger partial charge in [0, 0.05) is 17.5 Å². The average molecular weight is 506 g/mol. The molecule has 2 aliphatic carbocycles. The number of Topliss-reactive ketones (excluding diaryl/α,β-unsaturated/α-hetero) is 1. The molecule has 1 atom stereocenters. The van der Waals surface area contributed by atoms with Gasteiger partial charge in [-0.2, -0.15) is 0 Å². The average Bonchev–Trinajstić information content (AvgIpc) is 3.71. The molecule has 0 aliphatic heterocycles. The third-order valence-corrected chi connectivity index (χ3v) is 10.6. The molecule has 6 nitrogen and oxygen atoms in total. The van der Waals surface area contributed by atoms with Gasteiger partial charge in [0.2, 0.25) is 0 Å². The zero-order chi connectivity index (χ0) is 25.3. The molecular formula is C26H35NO5S2. The van der Waals surface area contributed by atoms with E-state index in [0.717, 1.165) is 31.2 Å². The SMILES string of the molecule is CC(C)S(=O)(=O)c1cccc(C(=O)C2CC2)c1.CC(C)S(=O)(=O)c1cccc(C(N)C2CC2)c1. The predicted octanol–water partition coefficient (Wildman–Crippen LogP) is 4.74. The lowest BCUT2D eigenvalue weighted by molar-refractivity contribution is 0.0967. The van der Waals surface area contributed by atoms with Gasteiger partial charge in [-0.05, 0) is 89.1 Å². The van der Waals surface area contributed by atoms with E-state index in [-0.39, 0.29) is 22.6 Å². The van der Waals surface area contributed by atoms with Crippen molar-refractivity contribution in [3.05, 3.63) is 59.7 Å². The molecule has 4 rings (SSSR count). The van der Waals surface area contributed by atoms with Gasteiger partial charge in [-0.3, -0.25) is 4.79 Å². The molecule has 0 aromatic heterocycles. The van der Waals surface area contributed by atoms with Crippen molar-refractivity contribution in [3.8, 4) is 0 Å². The molecule has 0 bridgehead atoms. The fraction of sp³-hybridized carbons (Fsp3) is 0.500. The van der Waals surface area contributed by atoms with Crippen LogP contribution in [-0.2, 0) is 19.7 Å². The number of carbonyl (C=O) groups is 1. The van der Waals surface area contributed by atoms with E-state index in [1.807, 2.05) is 6.07 Å². The van der Waals surface area contributed by atoms with Crippen molar-refractivity contribution in [3.63, 3.8) is 0 Å². The second-order valence-electron chi connectivity index (χ2n) is 9.79. The molecule has 34 heavy (non-hydrogen) atoms. The summed E-state index contributed by atoms with van der Waals surface area (Å²) in [7, 11) is -6.48. The molecule has 2 aromatic rings. The van der Waals surface area contributed by atoms with Gasteiger partial charge < -0.3 is 5.73 Å². The van der Waals surface area contributed by atoms with Crippen LogP contribution in [0, 0.1) is 11.8 Å². The smallest absolute Gasteiger partial charge is 0.180 e. The normalized spacial score (nSPS) is 17.3. The van der Waals surface area contributed by atoms with Crippen LogP contribution < -0.4 is 5.73 Å².